The first kappa shape index (κ1) is 36.7. The number of piperidine rings is 1. The molecule has 3 N–H and O–H groups in total. The molecule has 0 spiro atoms. The maximum atomic E-state index is 13.6. The van der Waals surface area contributed by atoms with Crippen LogP contribution in [0.15, 0.2) is 61.0 Å². The number of alkyl halides is 1. The zero-order chi connectivity index (χ0) is 33.2. The lowest BCUT2D eigenvalue weighted by molar-refractivity contribution is 0.203. The molecule has 0 bridgehead atoms. The summed E-state index contributed by atoms with van der Waals surface area (Å²) >= 11 is 0. The highest BCUT2D eigenvalue weighted by Gasteiger charge is 2.24. The molecule has 0 radical (unpaired) electrons. The lowest BCUT2D eigenvalue weighted by atomic mass is 9.97. The molecule has 1 aliphatic rings. The monoisotopic (exact) mass is 620 g/mol. The number of terminal acetylenes is 1. The van der Waals surface area contributed by atoms with Gasteiger partial charge in [-0.15, -0.1) is 19.4 Å². The van der Waals surface area contributed by atoms with Crippen LogP contribution in [0.3, 0.4) is 0 Å². The Hall–Kier alpha value is -4.49. The van der Waals surface area contributed by atoms with Crippen molar-refractivity contribution < 1.29 is 18.6 Å². The summed E-state index contributed by atoms with van der Waals surface area (Å²) in [4.78, 5) is 7.12. The number of hydrogen-bond acceptors (Lipinski definition) is 6. The van der Waals surface area contributed by atoms with E-state index in [0.717, 1.165) is 59.5 Å². The summed E-state index contributed by atoms with van der Waals surface area (Å²) in [5, 5.41) is 26.4. The molecule has 1 fully saturated rings. The fourth-order valence-corrected chi connectivity index (χ4v) is 4.79. The molecule has 5 rings (SSSR count). The average molecular weight is 621 g/mol. The lowest BCUT2D eigenvalue weighted by Crippen LogP contribution is -2.35. The molecule has 1 atom stereocenters. The number of halogens is 2. The van der Waals surface area contributed by atoms with E-state index in [-0.39, 0.29) is 17.5 Å². The highest BCUT2D eigenvalue weighted by molar-refractivity contribution is 5.95. The Bertz CT molecular complexity index is 1510. The van der Waals surface area contributed by atoms with Crippen molar-refractivity contribution >= 4 is 10.9 Å². The number of aromatic hydroxyl groups is 1. The van der Waals surface area contributed by atoms with Gasteiger partial charge in [-0.1, -0.05) is 32.4 Å². The molecule has 4 aromatic rings. The number of fused-ring (bicyclic) bond motifs is 1. The molecule has 0 amide bonds. The molecule has 45 heavy (non-hydrogen) atoms. The standard InChI is InChI=1S/C27H31FN6O2.C3H5F.C3H8.C2H2/c1-3-20(28)11-13-34-12-5-6-19(16-34)27-29-26(32-33-27)18-7-9-22-21(14-18)25(31-30-22)17-8-10-24(36-4-2)23(35)15-17;1-2-3-4;1-3-2;1-2/h3,7-10,14-15,19,35H,4-6,11-13,16H2,1-2H3,(H,30,31)(H,29,32,33);2H,1,3H2;3H2,1-2H3;1-2H/b20-3+;;;/t19-;;;/m1.../s1. The van der Waals surface area contributed by atoms with E-state index >= 15 is 0 Å². The molecule has 0 aliphatic carbocycles. The summed E-state index contributed by atoms with van der Waals surface area (Å²) in [6.07, 6.45) is 14.5. The van der Waals surface area contributed by atoms with Gasteiger partial charge in [-0.25, -0.2) is 13.8 Å². The molecule has 242 valence electrons. The van der Waals surface area contributed by atoms with Gasteiger partial charge in [-0.3, -0.25) is 10.2 Å². The van der Waals surface area contributed by atoms with Crippen LogP contribution in [-0.4, -0.2) is 68.3 Å². The molecule has 2 aromatic heterocycles. The number of hydrogen-bond donors (Lipinski definition) is 3. The number of aromatic amines is 2. The van der Waals surface area contributed by atoms with Crippen molar-refractivity contribution in [1.82, 2.24) is 30.3 Å². The third-order valence-corrected chi connectivity index (χ3v) is 6.84. The number of aromatic nitrogens is 5. The van der Waals surface area contributed by atoms with E-state index < -0.39 is 6.67 Å². The minimum Gasteiger partial charge on any atom is -0.504 e. The van der Waals surface area contributed by atoms with Crippen LogP contribution in [0, 0.1) is 12.8 Å². The van der Waals surface area contributed by atoms with Gasteiger partial charge >= 0.3 is 0 Å². The van der Waals surface area contributed by atoms with Crippen LogP contribution in [0.5, 0.6) is 11.5 Å². The van der Waals surface area contributed by atoms with Crippen LogP contribution < -0.4 is 4.74 Å². The van der Waals surface area contributed by atoms with Gasteiger partial charge in [-0.2, -0.15) is 10.2 Å². The zero-order valence-electron chi connectivity index (χ0n) is 26.8. The van der Waals surface area contributed by atoms with Crippen molar-refractivity contribution in [2.45, 2.75) is 59.3 Å². The number of rotatable bonds is 9. The van der Waals surface area contributed by atoms with Crippen molar-refractivity contribution in [3.8, 4) is 47.0 Å². The third kappa shape index (κ3) is 10.6. The van der Waals surface area contributed by atoms with Crippen LogP contribution in [-0.2, 0) is 0 Å². The van der Waals surface area contributed by atoms with Crippen LogP contribution in [0.2, 0.25) is 0 Å². The summed E-state index contributed by atoms with van der Waals surface area (Å²) in [5.41, 5.74) is 3.28. The van der Waals surface area contributed by atoms with Crippen molar-refractivity contribution in [3.63, 3.8) is 0 Å². The van der Waals surface area contributed by atoms with E-state index in [1.165, 1.54) is 18.6 Å². The van der Waals surface area contributed by atoms with Crippen molar-refractivity contribution in [3.05, 3.63) is 66.8 Å². The number of ether oxygens (including phenoxy) is 1. The summed E-state index contributed by atoms with van der Waals surface area (Å²) in [6, 6.07) is 11.2. The number of nitrogens with zero attached hydrogens (tertiary/aromatic N) is 4. The number of benzene rings is 2. The summed E-state index contributed by atoms with van der Waals surface area (Å²) in [7, 11) is 0. The van der Waals surface area contributed by atoms with Gasteiger partial charge in [0.15, 0.2) is 17.3 Å². The first-order valence-electron chi connectivity index (χ1n) is 15.3. The normalized spacial score (nSPS) is 14.7. The molecule has 10 heteroatoms. The number of likely N-dealkylation sites (tertiary alicyclic amines) is 1. The Morgan fingerprint density at radius 3 is 2.49 bits per heavy atom. The SMILES string of the molecule is C#C.C/C=C(/F)CCN1CCC[C@@H](c2nc(-c3ccc4[nH]nc(-c5ccc(OCC)c(O)c5)c4c3)n[nH]2)C1.C=CCF.CCC. The van der Waals surface area contributed by atoms with Gasteiger partial charge in [0, 0.05) is 41.9 Å². The van der Waals surface area contributed by atoms with Gasteiger partial charge in [0.1, 0.15) is 18.2 Å². The van der Waals surface area contributed by atoms with E-state index in [1.54, 1.807) is 19.1 Å². The summed E-state index contributed by atoms with van der Waals surface area (Å²) in [5.74, 6) is 2.21. The predicted octanol–water partition coefficient (Wildman–Crippen LogP) is 8.37. The number of phenols is 1. The number of H-pyrrole nitrogens is 2. The zero-order valence-corrected chi connectivity index (χ0v) is 26.8. The van der Waals surface area contributed by atoms with E-state index in [2.05, 4.69) is 58.6 Å². The number of allylic oxidation sites excluding steroid dienone is 2. The second-order valence-electron chi connectivity index (χ2n) is 10.3. The molecule has 8 nitrogen and oxygen atoms in total. The molecule has 1 aliphatic heterocycles. The lowest BCUT2D eigenvalue weighted by Gasteiger charge is -2.31. The Balaban J connectivity index is 0.000000704. The fraction of sp³-hybridized carbons (Fsp3) is 0.400. The largest absolute Gasteiger partial charge is 0.504 e. The first-order chi connectivity index (χ1) is 21.9. The highest BCUT2D eigenvalue weighted by Crippen LogP contribution is 2.35. The van der Waals surface area contributed by atoms with E-state index in [9.17, 15) is 13.9 Å². The minimum atomic E-state index is -0.417. The van der Waals surface area contributed by atoms with Gasteiger partial charge in [-0.05, 0) is 69.6 Å². The molecular formula is C35H46F2N6O2. The average Bonchev–Trinajstić information content (AvgIpc) is 3.74. The molecule has 0 unspecified atom stereocenters. The highest BCUT2D eigenvalue weighted by atomic mass is 19.1. The van der Waals surface area contributed by atoms with E-state index in [1.807, 2.05) is 31.2 Å². The molecule has 1 saturated heterocycles. The Morgan fingerprint density at radius 2 is 1.84 bits per heavy atom. The van der Waals surface area contributed by atoms with Crippen LogP contribution in [0.4, 0.5) is 8.78 Å². The topological polar surface area (TPSA) is 103 Å². The Kier molecular flexibility index (Phi) is 16.1. The maximum absolute atomic E-state index is 13.6. The van der Waals surface area contributed by atoms with Crippen LogP contribution in [0.1, 0.15) is 65.1 Å². The quantitative estimate of drug-likeness (QED) is 0.128. The number of phenolic OH excluding ortho intramolecular Hbond substituents is 1. The summed E-state index contributed by atoms with van der Waals surface area (Å²) in [6.45, 7) is 13.6. The number of nitrogens with one attached hydrogen (secondary N) is 2. The van der Waals surface area contributed by atoms with Crippen molar-refractivity contribution in [2.24, 2.45) is 0 Å². The minimum absolute atomic E-state index is 0.0615. The van der Waals surface area contributed by atoms with Gasteiger partial charge in [0.05, 0.1) is 18.0 Å². The molecular weight excluding hydrogens is 574 g/mol. The first-order valence-corrected chi connectivity index (χ1v) is 15.3. The predicted molar refractivity (Wildman–Crippen MR) is 180 cm³/mol. The molecule has 0 saturated carbocycles. The van der Waals surface area contributed by atoms with Gasteiger partial charge < -0.3 is 14.7 Å². The molecule has 2 aromatic carbocycles. The Labute approximate surface area is 265 Å². The van der Waals surface area contributed by atoms with Crippen molar-refractivity contribution in [1.29, 1.82) is 0 Å². The summed E-state index contributed by atoms with van der Waals surface area (Å²) < 4.78 is 29.6. The van der Waals surface area contributed by atoms with Crippen LogP contribution in [0.25, 0.3) is 33.5 Å². The second-order valence-corrected chi connectivity index (χ2v) is 10.3. The van der Waals surface area contributed by atoms with Crippen LogP contribution >= 0.6 is 0 Å². The maximum Gasteiger partial charge on any atom is 0.181 e. The second kappa shape index (κ2) is 19.7. The molecule has 3 heterocycles. The smallest absolute Gasteiger partial charge is 0.181 e. The van der Waals surface area contributed by atoms with Gasteiger partial charge in [0.25, 0.3) is 0 Å². The van der Waals surface area contributed by atoms with Crippen molar-refractivity contribution in [2.75, 3.05) is 32.9 Å². The third-order valence-electron chi connectivity index (χ3n) is 6.84. The van der Waals surface area contributed by atoms with Gasteiger partial charge in [0.2, 0.25) is 0 Å². The van der Waals surface area contributed by atoms with E-state index in [0.29, 0.717) is 31.1 Å². The Morgan fingerprint density at radius 1 is 1.13 bits per heavy atom. The van der Waals surface area contributed by atoms with E-state index in [4.69, 9.17) is 9.72 Å². The fourth-order valence-electron chi connectivity index (χ4n) is 4.79.